The van der Waals surface area contributed by atoms with Crippen molar-refractivity contribution in [3.05, 3.63) is 51.3 Å². The van der Waals surface area contributed by atoms with Crippen LogP contribution in [0.2, 0.25) is 0 Å². The fourth-order valence-corrected chi connectivity index (χ4v) is 4.36. The molecule has 8 nitrogen and oxygen atoms in total. The van der Waals surface area contributed by atoms with E-state index in [1.165, 1.54) is 12.3 Å². The summed E-state index contributed by atoms with van der Waals surface area (Å²) in [6.45, 7) is 2.48. The molecular weight excluding hydrogens is 390 g/mol. The molecule has 0 unspecified atom stereocenters. The molecule has 30 heavy (non-hydrogen) atoms. The van der Waals surface area contributed by atoms with Gasteiger partial charge in [-0.2, -0.15) is 0 Å². The third-order valence-electron chi connectivity index (χ3n) is 5.80. The molecule has 0 saturated carbocycles. The summed E-state index contributed by atoms with van der Waals surface area (Å²) in [7, 11) is 3.22. The SMILES string of the molecule is COCCOCc1cc2c(cc1OC)-c1cc(=O)c(C(=O)O)cn1[C@H]1CCOC[C@@H]21. The Bertz CT molecular complexity index is 1010. The van der Waals surface area contributed by atoms with Gasteiger partial charge in [0.05, 0.1) is 39.2 Å². The summed E-state index contributed by atoms with van der Waals surface area (Å²) in [5, 5.41) is 9.42. The molecular formula is C22H25NO7. The number of carboxylic acids is 1. The molecule has 0 radical (unpaired) electrons. The van der Waals surface area contributed by atoms with Crippen LogP contribution < -0.4 is 10.2 Å². The number of aromatic nitrogens is 1. The third kappa shape index (κ3) is 3.62. The van der Waals surface area contributed by atoms with E-state index in [1.807, 2.05) is 10.6 Å². The van der Waals surface area contributed by atoms with Crippen LogP contribution in [0.25, 0.3) is 11.3 Å². The second kappa shape index (κ2) is 8.59. The second-order valence-corrected chi connectivity index (χ2v) is 7.48. The maximum Gasteiger partial charge on any atom is 0.341 e. The van der Waals surface area contributed by atoms with Crippen molar-refractivity contribution in [1.82, 2.24) is 4.57 Å². The van der Waals surface area contributed by atoms with E-state index in [1.54, 1.807) is 14.2 Å². The van der Waals surface area contributed by atoms with E-state index in [9.17, 15) is 14.7 Å². The van der Waals surface area contributed by atoms with Crippen LogP contribution in [-0.2, 0) is 20.8 Å². The Balaban J connectivity index is 1.84. The van der Waals surface area contributed by atoms with Crippen LogP contribution >= 0.6 is 0 Å². The number of hydrogen-bond acceptors (Lipinski definition) is 6. The number of nitrogens with zero attached hydrogens (tertiary/aromatic N) is 1. The van der Waals surface area contributed by atoms with Crippen LogP contribution in [0.15, 0.2) is 29.2 Å². The van der Waals surface area contributed by atoms with Gasteiger partial charge >= 0.3 is 5.97 Å². The number of fused-ring (bicyclic) bond motifs is 6. The molecule has 0 spiro atoms. The molecule has 2 aliphatic rings. The molecule has 1 N–H and O–H groups in total. The Morgan fingerprint density at radius 1 is 1.27 bits per heavy atom. The summed E-state index contributed by atoms with van der Waals surface area (Å²) in [5.74, 6) is -0.512. The molecule has 8 heteroatoms. The van der Waals surface area contributed by atoms with Crippen molar-refractivity contribution < 1.29 is 28.8 Å². The largest absolute Gasteiger partial charge is 0.496 e. The molecule has 2 aliphatic heterocycles. The van der Waals surface area contributed by atoms with Crippen molar-refractivity contribution in [3.8, 4) is 17.0 Å². The number of pyridine rings is 1. The van der Waals surface area contributed by atoms with Crippen LogP contribution in [0.4, 0.5) is 0 Å². The van der Waals surface area contributed by atoms with Gasteiger partial charge in [-0.1, -0.05) is 0 Å². The highest BCUT2D eigenvalue weighted by atomic mass is 16.5. The van der Waals surface area contributed by atoms with Crippen molar-refractivity contribution in [3.63, 3.8) is 0 Å². The summed E-state index contributed by atoms with van der Waals surface area (Å²) in [6, 6.07) is 5.41. The summed E-state index contributed by atoms with van der Waals surface area (Å²) >= 11 is 0. The Morgan fingerprint density at radius 2 is 2.10 bits per heavy atom. The Morgan fingerprint density at radius 3 is 2.83 bits per heavy atom. The number of carboxylic acid groups (broad SMARTS) is 1. The van der Waals surface area contributed by atoms with Gasteiger partial charge in [-0.3, -0.25) is 4.79 Å². The normalized spacial score (nSPS) is 19.5. The first-order valence-corrected chi connectivity index (χ1v) is 9.90. The highest BCUT2D eigenvalue weighted by molar-refractivity contribution is 5.88. The molecule has 160 valence electrons. The maximum atomic E-state index is 12.4. The predicted molar refractivity (Wildman–Crippen MR) is 108 cm³/mol. The van der Waals surface area contributed by atoms with E-state index < -0.39 is 11.4 Å². The van der Waals surface area contributed by atoms with Crippen LogP contribution in [0.3, 0.4) is 0 Å². The van der Waals surface area contributed by atoms with Gasteiger partial charge in [-0.25, -0.2) is 4.79 Å². The lowest BCUT2D eigenvalue weighted by atomic mass is 9.80. The first-order valence-electron chi connectivity index (χ1n) is 9.90. The van der Waals surface area contributed by atoms with Gasteiger partial charge in [0.15, 0.2) is 5.43 Å². The summed E-state index contributed by atoms with van der Waals surface area (Å²) < 4.78 is 24.0. The number of methoxy groups -OCH3 is 2. The highest BCUT2D eigenvalue weighted by Crippen LogP contribution is 2.47. The van der Waals surface area contributed by atoms with Crippen molar-refractivity contribution in [2.45, 2.75) is 25.0 Å². The average molecular weight is 415 g/mol. The molecule has 1 saturated heterocycles. The van der Waals surface area contributed by atoms with Gasteiger partial charge in [0.2, 0.25) is 0 Å². The number of aromatic carboxylic acids is 1. The zero-order valence-corrected chi connectivity index (χ0v) is 17.1. The number of carbonyl (C=O) groups is 1. The van der Waals surface area contributed by atoms with Gasteiger partial charge in [-0.15, -0.1) is 0 Å². The Hall–Kier alpha value is -2.68. The molecule has 0 bridgehead atoms. The number of hydrogen-bond donors (Lipinski definition) is 1. The standard InChI is InChI=1S/C22H25NO7/c1-27-5-6-30-11-13-7-14-15(8-21(13)28-2)19-9-20(24)16(22(25)26)10-23(19)18-3-4-29-12-17(14)18/h7-10,17-18H,3-6,11-12H2,1-2H3,(H,25,26)/t17-,18-/m0/s1. The quantitative estimate of drug-likeness (QED) is 0.694. The van der Waals surface area contributed by atoms with Gasteiger partial charge < -0.3 is 28.6 Å². The van der Waals surface area contributed by atoms with Crippen LogP contribution in [0, 0.1) is 0 Å². The average Bonchev–Trinajstić information content (AvgIpc) is 2.75. The Labute approximate surface area is 173 Å². The molecule has 0 aliphatic carbocycles. The van der Waals surface area contributed by atoms with Crippen LogP contribution in [0.1, 0.15) is 39.9 Å². The lowest BCUT2D eigenvalue weighted by Crippen LogP contribution is -2.34. The zero-order chi connectivity index (χ0) is 21.3. The second-order valence-electron chi connectivity index (χ2n) is 7.48. The van der Waals surface area contributed by atoms with Crippen molar-refractivity contribution in [1.29, 1.82) is 0 Å². The van der Waals surface area contributed by atoms with E-state index >= 15 is 0 Å². The molecule has 0 amide bonds. The fourth-order valence-electron chi connectivity index (χ4n) is 4.36. The topological polar surface area (TPSA) is 96.2 Å². The van der Waals surface area contributed by atoms with Crippen molar-refractivity contribution >= 4 is 5.97 Å². The first kappa shape index (κ1) is 20.6. The van der Waals surface area contributed by atoms with Crippen molar-refractivity contribution in [2.75, 3.05) is 40.6 Å². The van der Waals surface area contributed by atoms with E-state index in [0.717, 1.165) is 23.1 Å². The first-order chi connectivity index (χ1) is 14.5. The van der Waals surface area contributed by atoms with Gasteiger partial charge in [0.1, 0.15) is 11.3 Å². The monoisotopic (exact) mass is 415 g/mol. The molecule has 1 fully saturated rings. The van der Waals surface area contributed by atoms with Gasteiger partial charge in [0, 0.05) is 49.1 Å². The molecule has 1 aromatic heterocycles. The number of ether oxygens (including phenoxy) is 4. The van der Waals surface area contributed by atoms with Crippen molar-refractivity contribution in [2.24, 2.45) is 0 Å². The summed E-state index contributed by atoms with van der Waals surface area (Å²) in [6.07, 6.45) is 2.21. The third-order valence-corrected chi connectivity index (χ3v) is 5.80. The maximum absolute atomic E-state index is 12.4. The number of benzene rings is 1. The fraction of sp³-hybridized carbons (Fsp3) is 0.455. The van der Waals surface area contributed by atoms with E-state index in [4.69, 9.17) is 18.9 Å². The zero-order valence-electron chi connectivity index (χ0n) is 17.1. The minimum atomic E-state index is -1.22. The molecule has 3 heterocycles. The van der Waals surface area contributed by atoms with E-state index in [2.05, 4.69) is 6.07 Å². The van der Waals surface area contributed by atoms with E-state index in [-0.39, 0.29) is 17.5 Å². The minimum Gasteiger partial charge on any atom is -0.496 e. The minimum absolute atomic E-state index is 0.0237. The highest BCUT2D eigenvalue weighted by Gasteiger charge is 2.37. The summed E-state index contributed by atoms with van der Waals surface area (Å²) in [5.41, 5.74) is 2.81. The van der Waals surface area contributed by atoms with Gasteiger partial charge in [0.25, 0.3) is 0 Å². The van der Waals surface area contributed by atoms with Gasteiger partial charge in [-0.05, 0) is 24.1 Å². The smallest absolute Gasteiger partial charge is 0.341 e. The Kier molecular flexibility index (Phi) is 5.90. The molecule has 1 aromatic carbocycles. The lowest BCUT2D eigenvalue weighted by Gasteiger charge is -2.40. The number of rotatable bonds is 7. The lowest BCUT2D eigenvalue weighted by molar-refractivity contribution is 0.0484. The molecule has 2 atom stereocenters. The van der Waals surface area contributed by atoms with Crippen LogP contribution in [0.5, 0.6) is 5.75 Å². The molecule has 2 aromatic rings. The van der Waals surface area contributed by atoms with E-state index in [0.29, 0.717) is 44.5 Å². The van der Waals surface area contributed by atoms with Crippen LogP contribution in [-0.4, -0.2) is 56.3 Å². The summed E-state index contributed by atoms with van der Waals surface area (Å²) in [4.78, 5) is 24.0. The predicted octanol–water partition coefficient (Wildman–Crippen LogP) is 2.44. The molecule has 4 rings (SSSR count).